The van der Waals surface area contributed by atoms with Gasteiger partial charge in [0, 0.05) is 29.7 Å². The zero-order chi connectivity index (χ0) is 21.1. The van der Waals surface area contributed by atoms with Gasteiger partial charge in [-0.15, -0.1) is 0 Å². The van der Waals surface area contributed by atoms with Gasteiger partial charge in [-0.2, -0.15) is 0 Å². The second kappa shape index (κ2) is 8.51. The number of nitrogens with zero attached hydrogens (tertiary/aromatic N) is 2. The second-order valence-electron chi connectivity index (χ2n) is 7.52. The number of para-hydroxylation sites is 1. The van der Waals surface area contributed by atoms with Gasteiger partial charge in [0.05, 0.1) is 17.9 Å². The lowest BCUT2D eigenvalue weighted by Crippen LogP contribution is -2.55. The lowest BCUT2D eigenvalue weighted by atomic mass is 9.98. The third-order valence-corrected chi connectivity index (χ3v) is 5.32. The van der Waals surface area contributed by atoms with Crippen LogP contribution in [0.2, 0.25) is 0 Å². The number of likely N-dealkylation sites (tertiary alicyclic amines) is 1. The van der Waals surface area contributed by atoms with Crippen molar-refractivity contribution in [2.45, 2.75) is 20.0 Å². The highest BCUT2D eigenvalue weighted by Crippen LogP contribution is 2.22. The number of hydrogen-bond acceptors (Lipinski definition) is 5. The molecule has 30 heavy (non-hydrogen) atoms. The Morgan fingerprint density at radius 1 is 1.17 bits per heavy atom. The van der Waals surface area contributed by atoms with Crippen molar-refractivity contribution in [1.82, 2.24) is 15.4 Å². The van der Waals surface area contributed by atoms with E-state index in [1.165, 1.54) is 0 Å². The van der Waals surface area contributed by atoms with Crippen LogP contribution < -0.4 is 10.2 Å². The number of aromatic nitrogens is 1. The maximum Gasteiger partial charge on any atom is 0.250 e. The number of carbonyl (C=O) groups excluding carboxylic acids is 2. The Kier molecular flexibility index (Phi) is 5.63. The molecule has 1 fully saturated rings. The average molecular weight is 405 g/mol. The van der Waals surface area contributed by atoms with Crippen LogP contribution in [0.5, 0.6) is 5.75 Å². The van der Waals surface area contributed by atoms with Crippen LogP contribution in [0.25, 0.3) is 10.9 Å². The largest absolute Gasteiger partial charge is 0.489 e. The van der Waals surface area contributed by atoms with Gasteiger partial charge in [0.15, 0.2) is 0 Å². The number of benzene rings is 2. The lowest BCUT2D eigenvalue weighted by molar-refractivity contribution is -0.146. The van der Waals surface area contributed by atoms with E-state index in [9.17, 15) is 9.59 Å². The summed E-state index contributed by atoms with van der Waals surface area (Å²) in [5, 5.41) is 9.70. The number of amides is 2. The van der Waals surface area contributed by atoms with E-state index in [4.69, 9.17) is 9.94 Å². The first-order chi connectivity index (χ1) is 14.5. The van der Waals surface area contributed by atoms with Crippen LogP contribution >= 0.6 is 0 Å². The number of fused-ring (bicyclic) bond motifs is 1. The van der Waals surface area contributed by atoms with E-state index in [1.807, 2.05) is 61.5 Å². The summed E-state index contributed by atoms with van der Waals surface area (Å²) < 4.78 is 5.96. The molecule has 4 rings (SSSR count). The van der Waals surface area contributed by atoms with Crippen LogP contribution in [0.4, 0.5) is 0 Å². The molecule has 1 aliphatic rings. The molecular formula is C23H23N3O4. The van der Waals surface area contributed by atoms with E-state index in [2.05, 4.69) is 4.98 Å². The van der Waals surface area contributed by atoms with Crippen molar-refractivity contribution < 1.29 is 19.5 Å². The first kappa shape index (κ1) is 19.8. The molecule has 0 spiro atoms. The number of carbonyl (C=O) groups is 2. The van der Waals surface area contributed by atoms with E-state index < -0.39 is 5.91 Å². The summed E-state index contributed by atoms with van der Waals surface area (Å²) >= 11 is 0. The lowest BCUT2D eigenvalue weighted by Gasteiger charge is -2.37. The highest BCUT2D eigenvalue weighted by Gasteiger charge is 2.35. The molecule has 1 aliphatic heterocycles. The van der Waals surface area contributed by atoms with E-state index in [0.717, 1.165) is 33.5 Å². The highest BCUT2D eigenvalue weighted by molar-refractivity contribution is 5.85. The molecule has 0 bridgehead atoms. The number of ether oxygens (including phenoxy) is 1. The highest BCUT2D eigenvalue weighted by atomic mass is 16.5. The Bertz CT molecular complexity index is 1080. The zero-order valence-corrected chi connectivity index (χ0v) is 16.7. The number of hydroxylamine groups is 1. The predicted molar refractivity (Wildman–Crippen MR) is 111 cm³/mol. The fraction of sp³-hybridized carbons (Fsp3) is 0.261. The molecule has 0 atom stereocenters. The Hall–Kier alpha value is -3.45. The van der Waals surface area contributed by atoms with Gasteiger partial charge in [0.25, 0.3) is 0 Å². The van der Waals surface area contributed by atoms with Crippen molar-refractivity contribution in [2.75, 3.05) is 13.1 Å². The van der Waals surface area contributed by atoms with Crippen molar-refractivity contribution in [3.63, 3.8) is 0 Å². The zero-order valence-electron chi connectivity index (χ0n) is 16.7. The van der Waals surface area contributed by atoms with E-state index in [1.54, 1.807) is 10.4 Å². The van der Waals surface area contributed by atoms with Gasteiger partial charge < -0.3 is 9.64 Å². The maximum atomic E-state index is 12.3. The van der Waals surface area contributed by atoms with E-state index in [-0.39, 0.29) is 18.2 Å². The summed E-state index contributed by atoms with van der Waals surface area (Å²) in [4.78, 5) is 29.8. The summed E-state index contributed by atoms with van der Waals surface area (Å²) in [7, 11) is 0. The Balaban J connectivity index is 1.34. The molecule has 2 aromatic carbocycles. The van der Waals surface area contributed by atoms with Gasteiger partial charge in [-0.05, 0) is 36.8 Å². The molecule has 0 saturated carbocycles. The second-order valence-corrected chi connectivity index (χ2v) is 7.52. The van der Waals surface area contributed by atoms with Crippen LogP contribution in [0.1, 0.15) is 16.8 Å². The van der Waals surface area contributed by atoms with Crippen molar-refractivity contribution >= 4 is 22.7 Å². The SMILES string of the molecule is Cc1cc(COc2ccc(CC(=O)N3CC(C(=O)NO)C3)cc2)c2ccccc2n1. The van der Waals surface area contributed by atoms with Crippen LogP contribution in [-0.4, -0.2) is 40.0 Å². The topological polar surface area (TPSA) is 91.8 Å². The molecular weight excluding hydrogens is 382 g/mol. The molecule has 7 nitrogen and oxygen atoms in total. The molecule has 154 valence electrons. The molecule has 1 saturated heterocycles. The summed E-state index contributed by atoms with van der Waals surface area (Å²) in [6.07, 6.45) is 0.266. The smallest absolute Gasteiger partial charge is 0.250 e. The molecule has 0 aliphatic carbocycles. The molecule has 2 N–H and O–H groups in total. The van der Waals surface area contributed by atoms with Crippen molar-refractivity contribution in [3.05, 3.63) is 71.4 Å². The van der Waals surface area contributed by atoms with Gasteiger partial charge in [0.1, 0.15) is 12.4 Å². The maximum absolute atomic E-state index is 12.3. The minimum absolute atomic E-state index is 0.0376. The van der Waals surface area contributed by atoms with Crippen LogP contribution in [0.3, 0.4) is 0 Å². The van der Waals surface area contributed by atoms with Crippen LogP contribution in [-0.2, 0) is 22.6 Å². The summed E-state index contributed by atoms with van der Waals surface area (Å²) in [5.74, 6) is -0.0851. The molecule has 2 amide bonds. The fourth-order valence-corrected chi connectivity index (χ4v) is 3.60. The number of rotatable bonds is 6. The molecule has 1 aromatic heterocycles. The fourth-order valence-electron chi connectivity index (χ4n) is 3.60. The van der Waals surface area contributed by atoms with Crippen molar-refractivity contribution in [1.29, 1.82) is 0 Å². The molecule has 0 unspecified atom stereocenters. The summed E-state index contributed by atoms with van der Waals surface area (Å²) in [6.45, 7) is 3.08. The molecule has 2 heterocycles. The summed E-state index contributed by atoms with van der Waals surface area (Å²) in [6, 6.07) is 17.5. The minimum Gasteiger partial charge on any atom is -0.489 e. The number of aryl methyl sites for hydroxylation is 1. The van der Waals surface area contributed by atoms with Gasteiger partial charge in [0.2, 0.25) is 11.8 Å². The minimum atomic E-state index is -0.447. The van der Waals surface area contributed by atoms with Gasteiger partial charge in [-0.25, -0.2) is 5.48 Å². The monoisotopic (exact) mass is 405 g/mol. The Labute approximate surface area is 174 Å². The number of pyridine rings is 1. The summed E-state index contributed by atoms with van der Waals surface area (Å²) in [5.41, 5.74) is 5.49. The normalized spacial score (nSPS) is 13.7. The van der Waals surface area contributed by atoms with Crippen LogP contribution in [0.15, 0.2) is 54.6 Å². The predicted octanol–water partition coefficient (Wildman–Crippen LogP) is 2.63. The van der Waals surface area contributed by atoms with Crippen molar-refractivity contribution in [2.24, 2.45) is 5.92 Å². The van der Waals surface area contributed by atoms with E-state index in [0.29, 0.717) is 19.7 Å². The van der Waals surface area contributed by atoms with Gasteiger partial charge in [-0.1, -0.05) is 30.3 Å². The van der Waals surface area contributed by atoms with Gasteiger partial charge in [-0.3, -0.25) is 19.8 Å². The first-order valence-corrected chi connectivity index (χ1v) is 9.82. The quantitative estimate of drug-likeness (QED) is 0.486. The third kappa shape index (κ3) is 4.26. The Morgan fingerprint density at radius 2 is 1.90 bits per heavy atom. The van der Waals surface area contributed by atoms with Crippen molar-refractivity contribution in [3.8, 4) is 5.75 Å². The number of hydrogen-bond donors (Lipinski definition) is 2. The van der Waals surface area contributed by atoms with Gasteiger partial charge >= 0.3 is 0 Å². The third-order valence-electron chi connectivity index (χ3n) is 5.32. The number of nitrogens with one attached hydrogen (secondary N) is 1. The standard InChI is InChI=1S/C23H23N3O4/c1-15-10-17(20-4-2-3-5-21(20)24-15)14-30-19-8-6-16(7-9-19)11-22(27)26-12-18(13-26)23(28)25-29/h2-10,18,29H,11-14H2,1H3,(H,25,28). The first-order valence-electron chi connectivity index (χ1n) is 9.82. The average Bonchev–Trinajstić information content (AvgIpc) is 2.71. The Morgan fingerprint density at radius 3 is 2.63 bits per heavy atom. The van der Waals surface area contributed by atoms with Crippen LogP contribution in [0, 0.1) is 12.8 Å². The molecule has 7 heteroatoms. The van der Waals surface area contributed by atoms with E-state index >= 15 is 0 Å². The molecule has 0 radical (unpaired) electrons. The molecule has 3 aromatic rings.